The molecule has 5 nitrogen and oxygen atoms in total. The van der Waals surface area contributed by atoms with E-state index < -0.39 is 5.54 Å². The number of rotatable bonds is 2. The third-order valence-electron chi connectivity index (χ3n) is 3.06. The molecule has 0 spiro atoms. The van der Waals surface area contributed by atoms with E-state index in [9.17, 15) is 4.79 Å². The van der Waals surface area contributed by atoms with Crippen LogP contribution in [0.15, 0.2) is 12.4 Å². The highest BCUT2D eigenvalue weighted by Crippen LogP contribution is 2.36. The predicted octanol–water partition coefficient (Wildman–Crippen LogP) is 1.08. The van der Waals surface area contributed by atoms with Gasteiger partial charge >= 0.3 is 5.97 Å². The van der Waals surface area contributed by atoms with Crippen LogP contribution in [0.25, 0.3) is 0 Å². The van der Waals surface area contributed by atoms with Crippen LogP contribution in [0.2, 0.25) is 0 Å². The van der Waals surface area contributed by atoms with Gasteiger partial charge in [0.05, 0.1) is 22.9 Å². The Morgan fingerprint density at radius 1 is 1.81 bits per heavy atom. The zero-order valence-corrected chi connectivity index (χ0v) is 11.2. The topological polar surface area (TPSA) is 70.1 Å². The first kappa shape index (κ1) is 11.8. The van der Waals surface area contributed by atoms with E-state index in [2.05, 4.69) is 27.7 Å². The minimum absolute atomic E-state index is 0.201. The Kier molecular flexibility index (Phi) is 3.20. The first-order valence-corrected chi connectivity index (χ1v) is 6.20. The average Bonchev–Trinajstić information content (AvgIpc) is 2.84. The molecular formula is C10H14IN3O2. The van der Waals surface area contributed by atoms with Gasteiger partial charge in [0.15, 0.2) is 0 Å². The number of carbonyl (C=O) groups is 1. The second kappa shape index (κ2) is 4.33. The van der Waals surface area contributed by atoms with Crippen molar-refractivity contribution >= 4 is 28.6 Å². The summed E-state index contributed by atoms with van der Waals surface area (Å²) >= 11 is 2.21. The Balaban J connectivity index is 2.11. The van der Waals surface area contributed by atoms with E-state index in [1.54, 1.807) is 6.20 Å². The largest absolute Gasteiger partial charge is 0.468 e. The highest BCUT2D eigenvalue weighted by Gasteiger charge is 2.43. The maximum atomic E-state index is 11.5. The van der Waals surface area contributed by atoms with Gasteiger partial charge in [-0.3, -0.25) is 9.48 Å². The van der Waals surface area contributed by atoms with Crippen molar-refractivity contribution in [3.63, 3.8) is 0 Å². The van der Waals surface area contributed by atoms with Crippen molar-refractivity contribution in [1.82, 2.24) is 9.78 Å². The number of hydrogen-bond donors (Lipinski definition) is 1. The van der Waals surface area contributed by atoms with Gasteiger partial charge in [-0.2, -0.15) is 5.10 Å². The molecule has 2 unspecified atom stereocenters. The van der Waals surface area contributed by atoms with Crippen LogP contribution in [0, 0.1) is 3.57 Å². The van der Waals surface area contributed by atoms with E-state index in [1.165, 1.54) is 7.11 Å². The van der Waals surface area contributed by atoms with Gasteiger partial charge in [-0.25, -0.2) is 0 Å². The minimum atomic E-state index is -0.837. The number of nitrogens with two attached hydrogens (primary N) is 1. The Morgan fingerprint density at radius 2 is 2.56 bits per heavy atom. The van der Waals surface area contributed by atoms with E-state index in [0.717, 1.165) is 9.99 Å². The molecule has 1 fully saturated rings. The lowest BCUT2D eigenvalue weighted by Crippen LogP contribution is -2.46. The zero-order chi connectivity index (χ0) is 11.8. The summed E-state index contributed by atoms with van der Waals surface area (Å²) < 4.78 is 7.71. The van der Waals surface area contributed by atoms with Crippen molar-refractivity contribution in [2.75, 3.05) is 7.11 Å². The molecule has 6 heteroatoms. The number of esters is 1. The summed E-state index contributed by atoms with van der Waals surface area (Å²) in [5, 5.41) is 4.25. The molecule has 0 radical (unpaired) electrons. The van der Waals surface area contributed by atoms with Gasteiger partial charge in [0.2, 0.25) is 0 Å². The third-order valence-corrected chi connectivity index (χ3v) is 3.62. The van der Waals surface area contributed by atoms with Gasteiger partial charge in [0.25, 0.3) is 0 Å². The zero-order valence-electron chi connectivity index (χ0n) is 9.02. The summed E-state index contributed by atoms with van der Waals surface area (Å²) in [5.74, 6) is -0.322. The van der Waals surface area contributed by atoms with Crippen LogP contribution in [0.3, 0.4) is 0 Å². The standard InChI is InChI=1S/C10H14IN3O2/c1-16-9(15)10(12)3-2-8(4-10)14-6-7(11)5-13-14/h5-6,8H,2-4,12H2,1H3. The molecule has 2 atom stereocenters. The molecule has 0 aliphatic heterocycles. The van der Waals surface area contributed by atoms with Crippen molar-refractivity contribution in [3.8, 4) is 0 Å². The third kappa shape index (κ3) is 2.08. The Hall–Kier alpha value is -0.630. The maximum Gasteiger partial charge on any atom is 0.325 e. The smallest absolute Gasteiger partial charge is 0.325 e. The molecule has 16 heavy (non-hydrogen) atoms. The number of halogens is 1. The summed E-state index contributed by atoms with van der Waals surface area (Å²) in [6.45, 7) is 0. The molecule has 0 bridgehead atoms. The van der Waals surface area contributed by atoms with Gasteiger partial charge in [-0.05, 0) is 41.9 Å². The fourth-order valence-corrected chi connectivity index (χ4v) is 2.59. The highest BCUT2D eigenvalue weighted by atomic mass is 127. The van der Waals surface area contributed by atoms with Crippen molar-refractivity contribution < 1.29 is 9.53 Å². The molecule has 0 amide bonds. The van der Waals surface area contributed by atoms with Crippen molar-refractivity contribution in [2.45, 2.75) is 30.8 Å². The Morgan fingerprint density at radius 3 is 3.12 bits per heavy atom. The van der Waals surface area contributed by atoms with Gasteiger partial charge in [0, 0.05) is 6.20 Å². The number of carbonyl (C=O) groups excluding carboxylic acids is 1. The van der Waals surface area contributed by atoms with E-state index in [4.69, 9.17) is 10.5 Å². The number of hydrogen-bond acceptors (Lipinski definition) is 4. The molecule has 0 aromatic carbocycles. The molecule has 2 N–H and O–H groups in total. The minimum Gasteiger partial charge on any atom is -0.468 e. The van der Waals surface area contributed by atoms with Crippen molar-refractivity contribution in [2.24, 2.45) is 5.73 Å². The number of nitrogens with zero attached hydrogens (tertiary/aromatic N) is 2. The molecule has 88 valence electrons. The Labute approximate surface area is 107 Å². The second-order valence-corrected chi connectivity index (χ2v) is 5.43. The maximum absolute atomic E-state index is 11.5. The second-order valence-electron chi connectivity index (χ2n) is 4.18. The van der Waals surface area contributed by atoms with Gasteiger partial charge in [0.1, 0.15) is 5.54 Å². The van der Waals surface area contributed by atoms with Crippen LogP contribution in [-0.4, -0.2) is 28.4 Å². The van der Waals surface area contributed by atoms with E-state index in [1.807, 2.05) is 10.9 Å². The fraction of sp³-hybridized carbons (Fsp3) is 0.600. The molecule has 1 aliphatic carbocycles. The summed E-state index contributed by atoms with van der Waals surface area (Å²) in [6, 6.07) is 0.201. The van der Waals surface area contributed by atoms with Gasteiger partial charge in [-0.15, -0.1) is 0 Å². The van der Waals surface area contributed by atoms with Crippen LogP contribution < -0.4 is 5.73 Å². The summed E-state index contributed by atoms with van der Waals surface area (Å²) in [6.07, 6.45) is 5.88. The van der Waals surface area contributed by atoms with Crippen LogP contribution in [-0.2, 0) is 9.53 Å². The summed E-state index contributed by atoms with van der Waals surface area (Å²) in [4.78, 5) is 11.5. The van der Waals surface area contributed by atoms with Crippen LogP contribution in [0.5, 0.6) is 0 Å². The monoisotopic (exact) mass is 335 g/mol. The van der Waals surface area contributed by atoms with Crippen molar-refractivity contribution in [1.29, 1.82) is 0 Å². The molecule has 1 aliphatic rings. The van der Waals surface area contributed by atoms with Crippen molar-refractivity contribution in [3.05, 3.63) is 16.0 Å². The quantitative estimate of drug-likeness (QED) is 0.649. The molecular weight excluding hydrogens is 321 g/mol. The molecule has 1 aromatic heterocycles. The van der Waals surface area contributed by atoms with Crippen LogP contribution in [0.4, 0.5) is 0 Å². The summed E-state index contributed by atoms with van der Waals surface area (Å²) in [5.41, 5.74) is 5.19. The summed E-state index contributed by atoms with van der Waals surface area (Å²) in [7, 11) is 1.38. The lowest BCUT2D eigenvalue weighted by Gasteiger charge is -2.20. The molecule has 0 saturated heterocycles. The molecule has 1 saturated carbocycles. The SMILES string of the molecule is COC(=O)C1(N)CCC(n2cc(I)cn2)C1. The normalized spacial score (nSPS) is 29.3. The first-order valence-electron chi connectivity index (χ1n) is 5.12. The molecule has 1 aromatic rings. The predicted molar refractivity (Wildman–Crippen MR) is 66.8 cm³/mol. The highest BCUT2D eigenvalue weighted by molar-refractivity contribution is 14.1. The van der Waals surface area contributed by atoms with Gasteiger partial charge < -0.3 is 10.5 Å². The molecule has 2 rings (SSSR count). The number of methoxy groups -OCH3 is 1. The van der Waals surface area contributed by atoms with Crippen LogP contribution in [0.1, 0.15) is 25.3 Å². The van der Waals surface area contributed by atoms with Crippen LogP contribution >= 0.6 is 22.6 Å². The number of ether oxygens (including phenoxy) is 1. The molecule has 1 heterocycles. The Bertz CT molecular complexity index is 407. The average molecular weight is 335 g/mol. The van der Waals surface area contributed by atoms with E-state index >= 15 is 0 Å². The first-order chi connectivity index (χ1) is 7.55. The van der Waals surface area contributed by atoms with Gasteiger partial charge in [-0.1, -0.05) is 0 Å². The lowest BCUT2D eigenvalue weighted by molar-refractivity contribution is -0.146. The van der Waals surface area contributed by atoms with E-state index in [0.29, 0.717) is 12.8 Å². The lowest BCUT2D eigenvalue weighted by atomic mass is 9.99. The fourth-order valence-electron chi connectivity index (χ4n) is 2.18. The number of aromatic nitrogens is 2. The van der Waals surface area contributed by atoms with E-state index in [-0.39, 0.29) is 12.0 Å².